The third-order valence-corrected chi connectivity index (χ3v) is 4.60. The summed E-state index contributed by atoms with van der Waals surface area (Å²) in [5, 5.41) is 25.9. The number of carbonyl (C=O) groups is 3. The lowest BCUT2D eigenvalue weighted by atomic mass is 10.1. The van der Waals surface area contributed by atoms with Crippen LogP contribution in [0.4, 0.5) is 11.4 Å². The van der Waals surface area contributed by atoms with Crippen LogP contribution in [0, 0.1) is 21.4 Å². The van der Waals surface area contributed by atoms with Crippen molar-refractivity contribution in [3.63, 3.8) is 0 Å². The molecule has 3 aromatic rings. The number of nitriles is 1. The summed E-state index contributed by atoms with van der Waals surface area (Å²) in [5.74, 6) is -2.61. The molecule has 0 unspecified atom stereocenters. The van der Waals surface area contributed by atoms with E-state index < -0.39 is 22.7 Å². The van der Waals surface area contributed by atoms with Gasteiger partial charge in [0.15, 0.2) is 0 Å². The number of benzene rings is 3. The summed E-state index contributed by atoms with van der Waals surface area (Å²) in [7, 11) is 0. The van der Waals surface area contributed by atoms with E-state index in [0.29, 0.717) is 16.8 Å². The van der Waals surface area contributed by atoms with Gasteiger partial charge in [-0.15, -0.1) is 0 Å². The van der Waals surface area contributed by atoms with Gasteiger partial charge < -0.3 is 10.1 Å². The van der Waals surface area contributed by atoms with Crippen LogP contribution in [0.3, 0.4) is 0 Å². The number of hydrazone groups is 1. The van der Waals surface area contributed by atoms with E-state index in [2.05, 4.69) is 15.8 Å². The molecule has 0 radical (unpaired) electrons. The Kier molecular flexibility index (Phi) is 7.61. The first-order valence-electron chi connectivity index (χ1n) is 10.0. The van der Waals surface area contributed by atoms with Gasteiger partial charge in [0.2, 0.25) is 0 Å². The van der Waals surface area contributed by atoms with Crippen LogP contribution in [0.2, 0.25) is 0 Å². The summed E-state index contributed by atoms with van der Waals surface area (Å²) >= 11 is 0. The van der Waals surface area contributed by atoms with Crippen molar-refractivity contribution < 1.29 is 24.0 Å². The second-order valence-electron chi connectivity index (χ2n) is 6.97. The first-order valence-corrected chi connectivity index (χ1v) is 10.0. The third kappa shape index (κ3) is 6.33. The number of nitro benzene ring substituents is 1. The molecule has 11 nitrogen and oxygen atoms in total. The molecule has 0 saturated heterocycles. The van der Waals surface area contributed by atoms with Gasteiger partial charge in [0.1, 0.15) is 5.75 Å². The smallest absolute Gasteiger partial charge is 0.343 e. The Morgan fingerprint density at radius 3 is 2.26 bits per heavy atom. The Balaban J connectivity index is 1.67. The van der Waals surface area contributed by atoms with Gasteiger partial charge >= 0.3 is 17.8 Å². The van der Waals surface area contributed by atoms with Gasteiger partial charge in [-0.25, -0.2) is 10.2 Å². The molecule has 0 aliphatic heterocycles. The summed E-state index contributed by atoms with van der Waals surface area (Å²) in [6, 6.07) is 19.2. The Labute approximate surface area is 198 Å². The molecule has 0 aliphatic rings. The highest BCUT2D eigenvalue weighted by molar-refractivity contribution is 6.39. The molecular formula is C24H17N5O6. The van der Waals surface area contributed by atoms with Crippen molar-refractivity contribution in [3.05, 3.63) is 99.6 Å². The average molecular weight is 471 g/mol. The number of anilines is 1. The van der Waals surface area contributed by atoms with Gasteiger partial charge in [0.05, 0.1) is 27.8 Å². The summed E-state index contributed by atoms with van der Waals surface area (Å²) < 4.78 is 5.40. The van der Waals surface area contributed by atoms with E-state index >= 15 is 0 Å². The largest absolute Gasteiger partial charge is 0.422 e. The minimum Gasteiger partial charge on any atom is -0.422 e. The highest BCUT2D eigenvalue weighted by atomic mass is 16.6. The normalized spacial score (nSPS) is 10.6. The zero-order valence-corrected chi connectivity index (χ0v) is 18.2. The van der Waals surface area contributed by atoms with Crippen LogP contribution in [-0.2, 0) is 9.59 Å². The molecule has 0 heterocycles. The predicted octanol–water partition coefficient (Wildman–Crippen LogP) is 3.16. The number of para-hydroxylation sites is 1. The first kappa shape index (κ1) is 24.3. The molecule has 3 rings (SSSR count). The van der Waals surface area contributed by atoms with Gasteiger partial charge in [-0.3, -0.25) is 19.7 Å². The SMILES string of the molecule is C/C(=N\NC(=O)C(=O)Nc1ccc(C#N)cc1)c1ccccc1OC(=O)c1ccc([N+](=O)[O-])cc1. The number of esters is 1. The second kappa shape index (κ2) is 11.0. The molecule has 0 aromatic heterocycles. The van der Waals surface area contributed by atoms with Crippen LogP contribution in [0.25, 0.3) is 0 Å². The maximum absolute atomic E-state index is 12.5. The molecule has 0 bridgehead atoms. The molecule has 2 N–H and O–H groups in total. The first-order chi connectivity index (χ1) is 16.8. The topological polar surface area (TPSA) is 164 Å². The second-order valence-corrected chi connectivity index (χ2v) is 6.97. The van der Waals surface area contributed by atoms with Crippen molar-refractivity contribution in [2.45, 2.75) is 6.92 Å². The number of carbonyl (C=O) groups excluding carboxylic acids is 3. The molecule has 2 amide bonds. The summed E-state index contributed by atoms with van der Waals surface area (Å²) in [5.41, 5.74) is 3.42. The van der Waals surface area contributed by atoms with Crippen molar-refractivity contribution >= 4 is 34.9 Å². The van der Waals surface area contributed by atoms with E-state index in [9.17, 15) is 24.5 Å². The zero-order chi connectivity index (χ0) is 25.4. The van der Waals surface area contributed by atoms with Gasteiger partial charge in [-0.1, -0.05) is 12.1 Å². The Morgan fingerprint density at radius 1 is 0.971 bits per heavy atom. The fourth-order valence-corrected chi connectivity index (χ4v) is 2.79. The van der Waals surface area contributed by atoms with Crippen LogP contribution >= 0.6 is 0 Å². The number of amides is 2. The maximum atomic E-state index is 12.5. The fourth-order valence-electron chi connectivity index (χ4n) is 2.79. The maximum Gasteiger partial charge on any atom is 0.343 e. The van der Waals surface area contributed by atoms with Gasteiger partial charge in [-0.2, -0.15) is 10.4 Å². The summed E-state index contributed by atoms with van der Waals surface area (Å²) in [6.07, 6.45) is 0. The molecule has 0 atom stereocenters. The van der Waals surface area contributed by atoms with Crippen LogP contribution in [0.15, 0.2) is 77.9 Å². The van der Waals surface area contributed by atoms with Crippen molar-refractivity contribution in [2.24, 2.45) is 5.10 Å². The van der Waals surface area contributed by atoms with E-state index in [1.807, 2.05) is 6.07 Å². The van der Waals surface area contributed by atoms with E-state index in [1.54, 1.807) is 18.2 Å². The van der Waals surface area contributed by atoms with Gasteiger partial charge in [-0.05, 0) is 55.5 Å². The predicted molar refractivity (Wildman–Crippen MR) is 125 cm³/mol. The quantitative estimate of drug-likeness (QED) is 0.139. The van der Waals surface area contributed by atoms with Crippen LogP contribution in [0.1, 0.15) is 28.4 Å². The number of hydrogen-bond acceptors (Lipinski definition) is 8. The average Bonchev–Trinajstić information content (AvgIpc) is 2.87. The Hall–Kier alpha value is -5.37. The molecule has 0 saturated carbocycles. The number of ether oxygens (including phenoxy) is 1. The van der Waals surface area contributed by atoms with E-state index in [0.717, 1.165) is 0 Å². The lowest BCUT2D eigenvalue weighted by Crippen LogP contribution is -2.33. The third-order valence-electron chi connectivity index (χ3n) is 4.60. The molecule has 3 aromatic carbocycles. The monoisotopic (exact) mass is 471 g/mol. The molecule has 0 aliphatic carbocycles. The lowest BCUT2D eigenvalue weighted by molar-refractivity contribution is -0.384. The van der Waals surface area contributed by atoms with Gasteiger partial charge in [0, 0.05) is 23.4 Å². The van der Waals surface area contributed by atoms with E-state index in [-0.39, 0.29) is 22.7 Å². The van der Waals surface area contributed by atoms with Crippen molar-refractivity contribution in [3.8, 4) is 11.8 Å². The molecule has 35 heavy (non-hydrogen) atoms. The van der Waals surface area contributed by atoms with Crippen LogP contribution in [0.5, 0.6) is 5.75 Å². The summed E-state index contributed by atoms with van der Waals surface area (Å²) in [6.45, 7) is 1.54. The molecule has 0 spiro atoms. The Morgan fingerprint density at radius 2 is 1.63 bits per heavy atom. The molecule has 174 valence electrons. The number of hydrogen-bond donors (Lipinski definition) is 2. The minimum absolute atomic E-state index is 0.104. The Bertz CT molecular complexity index is 1360. The highest BCUT2D eigenvalue weighted by Gasteiger charge is 2.16. The molecule has 11 heteroatoms. The van der Waals surface area contributed by atoms with Crippen LogP contribution in [-0.4, -0.2) is 28.4 Å². The van der Waals surface area contributed by atoms with Gasteiger partial charge in [0.25, 0.3) is 5.69 Å². The van der Waals surface area contributed by atoms with E-state index in [4.69, 9.17) is 10.00 Å². The number of non-ortho nitro benzene ring substituents is 1. The zero-order valence-electron chi connectivity index (χ0n) is 18.2. The lowest BCUT2D eigenvalue weighted by Gasteiger charge is -2.10. The van der Waals surface area contributed by atoms with Crippen molar-refractivity contribution in [1.29, 1.82) is 5.26 Å². The standard InChI is InChI=1S/C24H17N5O6/c1-15(27-28-23(31)22(30)26-18-10-6-16(14-25)7-11-18)20-4-2-3-5-21(20)35-24(32)17-8-12-19(13-9-17)29(33)34/h2-13H,1H3,(H,26,30)(H,28,31)/b27-15+. The number of nitro groups is 1. The summed E-state index contributed by atoms with van der Waals surface area (Å²) in [4.78, 5) is 46.9. The molecule has 0 fully saturated rings. The molecular weight excluding hydrogens is 454 g/mol. The van der Waals surface area contributed by atoms with Crippen molar-refractivity contribution in [1.82, 2.24) is 5.43 Å². The minimum atomic E-state index is -1.03. The van der Waals surface area contributed by atoms with Crippen LogP contribution < -0.4 is 15.5 Å². The van der Waals surface area contributed by atoms with E-state index in [1.165, 1.54) is 61.5 Å². The number of nitrogens with zero attached hydrogens (tertiary/aromatic N) is 3. The fraction of sp³-hybridized carbons (Fsp3) is 0.0417. The number of nitrogens with one attached hydrogen (secondary N) is 2. The highest BCUT2D eigenvalue weighted by Crippen LogP contribution is 2.21. The van der Waals surface area contributed by atoms with Crippen molar-refractivity contribution in [2.75, 3.05) is 5.32 Å². The number of rotatable bonds is 6.